The molecular weight excluding hydrogens is 338 g/mol. The molecule has 0 saturated carbocycles. The number of hydrogen-bond acceptors (Lipinski definition) is 4. The third kappa shape index (κ3) is 3.44. The maximum Gasteiger partial charge on any atom is 0.163 e. The van der Waals surface area contributed by atoms with Gasteiger partial charge in [-0.05, 0) is 42.8 Å². The summed E-state index contributed by atoms with van der Waals surface area (Å²) >= 11 is 6.19. The lowest BCUT2D eigenvalue weighted by Gasteiger charge is -2.19. The van der Waals surface area contributed by atoms with Crippen LogP contribution in [0.1, 0.15) is 11.3 Å². The van der Waals surface area contributed by atoms with Crippen LogP contribution in [-0.2, 0) is 6.54 Å². The van der Waals surface area contributed by atoms with Crippen LogP contribution < -0.4 is 14.8 Å². The number of benzene rings is 2. The van der Waals surface area contributed by atoms with Crippen LogP contribution in [0.4, 0.5) is 5.69 Å². The van der Waals surface area contributed by atoms with Gasteiger partial charge < -0.3 is 19.2 Å². The first-order chi connectivity index (χ1) is 12.2. The second-order valence-electron chi connectivity index (χ2n) is 5.94. The van der Waals surface area contributed by atoms with Gasteiger partial charge in [-0.3, -0.25) is 0 Å². The molecule has 5 heteroatoms. The Bertz CT molecular complexity index is 904. The van der Waals surface area contributed by atoms with Gasteiger partial charge >= 0.3 is 0 Å². The molecule has 0 aliphatic carbocycles. The highest BCUT2D eigenvalue weighted by atomic mass is 35.5. The van der Waals surface area contributed by atoms with Gasteiger partial charge in [-0.2, -0.15) is 0 Å². The highest BCUT2D eigenvalue weighted by Gasteiger charge is 2.12. The molecule has 1 aromatic heterocycles. The van der Waals surface area contributed by atoms with E-state index in [1.165, 1.54) is 0 Å². The second-order valence-corrected chi connectivity index (χ2v) is 6.35. The van der Waals surface area contributed by atoms with E-state index in [-0.39, 0.29) is 0 Å². The van der Waals surface area contributed by atoms with Gasteiger partial charge in [-0.1, -0.05) is 23.7 Å². The Balaban J connectivity index is 1.45. The number of aryl methyl sites for hydroxylation is 1. The standard InChI is InChI=1S/C20H18ClNO3/c1-13-2-3-14(10-17(13)21)18-7-5-16(25-18)12-22-15-4-6-19-20(11-15)24-9-8-23-19/h2-7,10-11,22H,8-9,12H2,1H3. The number of anilines is 1. The Hall–Kier alpha value is -2.59. The van der Waals surface area contributed by atoms with Crippen molar-refractivity contribution in [3.8, 4) is 22.8 Å². The summed E-state index contributed by atoms with van der Waals surface area (Å²) in [5, 5.41) is 4.08. The Morgan fingerprint density at radius 1 is 0.960 bits per heavy atom. The van der Waals surface area contributed by atoms with Crippen LogP contribution in [0, 0.1) is 6.92 Å². The van der Waals surface area contributed by atoms with Crippen LogP contribution in [-0.4, -0.2) is 13.2 Å². The molecule has 0 atom stereocenters. The summed E-state index contributed by atoms with van der Waals surface area (Å²) in [7, 11) is 0. The minimum absolute atomic E-state index is 0.580. The van der Waals surface area contributed by atoms with Gasteiger partial charge in [0.05, 0.1) is 6.54 Å². The van der Waals surface area contributed by atoms with Gasteiger partial charge in [0.2, 0.25) is 0 Å². The number of rotatable bonds is 4. The van der Waals surface area contributed by atoms with Crippen molar-refractivity contribution in [1.82, 2.24) is 0 Å². The zero-order chi connectivity index (χ0) is 17.2. The molecule has 2 aromatic carbocycles. The molecule has 0 amide bonds. The molecule has 0 bridgehead atoms. The molecule has 25 heavy (non-hydrogen) atoms. The largest absolute Gasteiger partial charge is 0.486 e. The molecule has 1 N–H and O–H groups in total. The van der Waals surface area contributed by atoms with E-state index in [0.717, 1.165) is 44.9 Å². The first-order valence-electron chi connectivity index (χ1n) is 8.18. The number of fused-ring (bicyclic) bond motifs is 1. The molecule has 0 radical (unpaired) electrons. The molecular formula is C20H18ClNO3. The smallest absolute Gasteiger partial charge is 0.163 e. The minimum atomic E-state index is 0.580. The third-order valence-corrected chi connectivity index (χ3v) is 4.53. The summed E-state index contributed by atoms with van der Waals surface area (Å²) in [6.07, 6.45) is 0. The Labute approximate surface area is 151 Å². The van der Waals surface area contributed by atoms with Gasteiger partial charge in [-0.25, -0.2) is 0 Å². The van der Waals surface area contributed by atoms with Crippen LogP contribution in [0.2, 0.25) is 5.02 Å². The van der Waals surface area contributed by atoms with Gasteiger partial charge in [0.25, 0.3) is 0 Å². The maximum absolute atomic E-state index is 6.19. The van der Waals surface area contributed by atoms with E-state index in [9.17, 15) is 0 Å². The molecule has 0 fully saturated rings. The van der Waals surface area contributed by atoms with Gasteiger partial charge in [0.15, 0.2) is 11.5 Å². The summed E-state index contributed by atoms with van der Waals surface area (Å²) in [5.74, 6) is 3.21. The predicted octanol–water partition coefficient (Wildman–Crippen LogP) is 5.29. The van der Waals surface area contributed by atoms with E-state index in [2.05, 4.69) is 5.32 Å². The van der Waals surface area contributed by atoms with E-state index in [1.54, 1.807) is 0 Å². The maximum atomic E-state index is 6.19. The minimum Gasteiger partial charge on any atom is -0.486 e. The van der Waals surface area contributed by atoms with Crippen LogP contribution in [0.5, 0.6) is 11.5 Å². The first-order valence-corrected chi connectivity index (χ1v) is 8.55. The Morgan fingerprint density at radius 3 is 2.64 bits per heavy atom. The van der Waals surface area contributed by atoms with Crippen molar-refractivity contribution in [2.75, 3.05) is 18.5 Å². The molecule has 128 valence electrons. The normalized spacial score (nSPS) is 12.9. The molecule has 3 aromatic rings. The van der Waals surface area contributed by atoms with Crippen LogP contribution in [0.15, 0.2) is 52.9 Å². The van der Waals surface area contributed by atoms with Crippen molar-refractivity contribution in [2.45, 2.75) is 13.5 Å². The molecule has 0 unspecified atom stereocenters. The summed E-state index contributed by atoms with van der Waals surface area (Å²) in [6, 6.07) is 15.7. The lowest BCUT2D eigenvalue weighted by atomic mass is 10.1. The zero-order valence-corrected chi connectivity index (χ0v) is 14.6. The van der Waals surface area contributed by atoms with Gasteiger partial charge in [0.1, 0.15) is 24.7 Å². The summed E-state index contributed by atoms with van der Waals surface area (Å²) in [5.41, 5.74) is 2.99. The fourth-order valence-corrected chi connectivity index (χ4v) is 2.90. The zero-order valence-electron chi connectivity index (χ0n) is 13.8. The predicted molar refractivity (Wildman–Crippen MR) is 98.6 cm³/mol. The first kappa shape index (κ1) is 15.9. The molecule has 4 rings (SSSR count). The van der Waals surface area contributed by atoms with Gasteiger partial charge in [0, 0.05) is 22.3 Å². The molecule has 0 saturated heterocycles. The number of nitrogens with one attached hydrogen (secondary N) is 1. The highest BCUT2D eigenvalue weighted by molar-refractivity contribution is 6.31. The fraction of sp³-hybridized carbons (Fsp3) is 0.200. The number of hydrogen-bond donors (Lipinski definition) is 1. The van der Waals surface area contributed by atoms with Crippen molar-refractivity contribution in [3.05, 3.63) is 64.9 Å². The lowest BCUT2D eigenvalue weighted by Crippen LogP contribution is -2.15. The van der Waals surface area contributed by atoms with Gasteiger partial charge in [-0.15, -0.1) is 0 Å². The average molecular weight is 356 g/mol. The SMILES string of the molecule is Cc1ccc(-c2ccc(CNc3ccc4c(c3)OCCO4)o2)cc1Cl. The van der Waals surface area contributed by atoms with Crippen LogP contribution in [0.25, 0.3) is 11.3 Å². The van der Waals surface area contributed by atoms with Crippen LogP contribution in [0.3, 0.4) is 0 Å². The quantitative estimate of drug-likeness (QED) is 0.690. The van der Waals surface area contributed by atoms with Crippen molar-refractivity contribution < 1.29 is 13.9 Å². The van der Waals surface area contributed by atoms with E-state index in [1.807, 2.05) is 55.5 Å². The Kier molecular flexibility index (Phi) is 4.28. The van der Waals surface area contributed by atoms with Crippen molar-refractivity contribution in [1.29, 1.82) is 0 Å². The molecule has 1 aliphatic rings. The second kappa shape index (κ2) is 6.73. The lowest BCUT2D eigenvalue weighted by molar-refractivity contribution is 0.171. The molecule has 1 aliphatic heterocycles. The van der Waals surface area contributed by atoms with Crippen LogP contribution >= 0.6 is 11.6 Å². The number of furan rings is 1. The van der Waals surface area contributed by atoms with Crippen molar-refractivity contribution in [3.63, 3.8) is 0 Å². The summed E-state index contributed by atoms with van der Waals surface area (Å²) < 4.78 is 17.0. The van der Waals surface area contributed by atoms with E-state index < -0.39 is 0 Å². The molecule has 2 heterocycles. The average Bonchev–Trinajstić information content (AvgIpc) is 3.11. The monoisotopic (exact) mass is 355 g/mol. The highest BCUT2D eigenvalue weighted by Crippen LogP contribution is 2.33. The summed E-state index contributed by atoms with van der Waals surface area (Å²) in [6.45, 7) is 3.74. The van der Waals surface area contributed by atoms with Crippen molar-refractivity contribution in [2.24, 2.45) is 0 Å². The summed E-state index contributed by atoms with van der Waals surface area (Å²) in [4.78, 5) is 0. The topological polar surface area (TPSA) is 43.6 Å². The fourth-order valence-electron chi connectivity index (χ4n) is 2.72. The van der Waals surface area contributed by atoms with E-state index >= 15 is 0 Å². The molecule has 0 spiro atoms. The number of halogens is 1. The number of ether oxygens (including phenoxy) is 2. The third-order valence-electron chi connectivity index (χ3n) is 4.13. The Morgan fingerprint density at radius 2 is 1.80 bits per heavy atom. The van der Waals surface area contributed by atoms with E-state index in [0.29, 0.717) is 19.8 Å². The molecule has 4 nitrogen and oxygen atoms in total. The van der Waals surface area contributed by atoms with Crippen molar-refractivity contribution >= 4 is 17.3 Å². The van der Waals surface area contributed by atoms with E-state index in [4.69, 9.17) is 25.5 Å².